The average Bonchev–Trinajstić information content (AvgIpc) is 2.67. The Labute approximate surface area is 134 Å². The highest BCUT2D eigenvalue weighted by Gasteiger charge is 2.33. The van der Waals surface area contributed by atoms with Gasteiger partial charge < -0.3 is 19.6 Å². The summed E-state index contributed by atoms with van der Waals surface area (Å²) in [5.74, 6) is -1.96. The molecule has 5 nitrogen and oxygen atoms in total. The molecular weight excluding hydrogens is 305 g/mol. The normalized spacial score (nSPS) is 20.6. The minimum atomic E-state index is -2.65. The second-order valence-electron chi connectivity index (χ2n) is 6.26. The van der Waals surface area contributed by atoms with Gasteiger partial charge in [-0.05, 0) is 43.7 Å². The highest BCUT2D eigenvalue weighted by Crippen LogP contribution is 2.35. The van der Waals surface area contributed by atoms with E-state index < -0.39 is 13.2 Å². The number of halogens is 2. The molecule has 0 saturated carbocycles. The molecule has 1 aromatic rings. The van der Waals surface area contributed by atoms with E-state index in [2.05, 4.69) is 4.98 Å². The molecule has 1 fully saturated rings. The molecule has 0 radical (unpaired) electrons. The second kappa shape index (κ2) is 6.61. The number of pyridine rings is 1. The van der Waals surface area contributed by atoms with Gasteiger partial charge in [-0.15, -0.1) is 0 Å². The van der Waals surface area contributed by atoms with E-state index >= 15 is 0 Å². The van der Waals surface area contributed by atoms with Crippen LogP contribution in [0.15, 0.2) is 6.07 Å². The standard InChI is InChI=1S/C15H21BF2N2O3/c17-15(18)6-3-8-20(9-7-15)14-13(23-16(21)22)10-11-4-1-2-5-12(11)19-14/h10,21-22H,1-9H2. The molecule has 0 amide bonds. The summed E-state index contributed by atoms with van der Waals surface area (Å²) in [5.41, 5.74) is 2.00. The molecule has 8 heteroatoms. The number of anilines is 1. The molecule has 0 unspecified atom stereocenters. The van der Waals surface area contributed by atoms with Crippen molar-refractivity contribution in [1.29, 1.82) is 0 Å². The minimum Gasteiger partial charge on any atom is -0.509 e. The number of fused-ring (bicyclic) bond motifs is 1. The van der Waals surface area contributed by atoms with Crippen molar-refractivity contribution in [3.63, 3.8) is 0 Å². The Morgan fingerprint density at radius 2 is 1.91 bits per heavy atom. The topological polar surface area (TPSA) is 65.8 Å². The van der Waals surface area contributed by atoms with Gasteiger partial charge in [0.05, 0.1) is 0 Å². The van der Waals surface area contributed by atoms with Crippen LogP contribution in [0.5, 0.6) is 5.75 Å². The number of nitrogens with zero attached hydrogens (tertiary/aromatic N) is 2. The highest BCUT2D eigenvalue weighted by molar-refractivity contribution is 6.33. The Morgan fingerprint density at radius 1 is 1.13 bits per heavy atom. The predicted molar refractivity (Wildman–Crippen MR) is 82.7 cm³/mol. The fourth-order valence-corrected chi connectivity index (χ4v) is 3.30. The van der Waals surface area contributed by atoms with E-state index in [1.807, 2.05) is 0 Å². The molecule has 23 heavy (non-hydrogen) atoms. The summed E-state index contributed by atoms with van der Waals surface area (Å²) in [6.07, 6.45) is 3.85. The molecule has 2 heterocycles. The van der Waals surface area contributed by atoms with Gasteiger partial charge in [-0.2, -0.15) is 0 Å². The van der Waals surface area contributed by atoms with Crippen LogP contribution in [0.25, 0.3) is 0 Å². The maximum atomic E-state index is 13.6. The average molecular weight is 326 g/mol. The quantitative estimate of drug-likeness (QED) is 0.831. The lowest BCUT2D eigenvalue weighted by molar-refractivity contribution is -0.0102. The van der Waals surface area contributed by atoms with Gasteiger partial charge in [0.15, 0.2) is 5.82 Å². The molecule has 0 bridgehead atoms. The Morgan fingerprint density at radius 3 is 2.70 bits per heavy atom. The number of hydrogen-bond donors (Lipinski definition) is 2. The molecule has 0 aromatic carbocycles. The molecule has 1 aliphatic heterocycles. The first-order valence-corrected chi connectivity index (χ1v) is 8.13. The number of alkyl halides is 2. The number of hydrogen-bond acceptors (Lipinski definition) is 5. The van der Waals surface area contributed by atoms with Gasteiger partial charge in [0.25, 0.3) is 0 Å². The van der Waals surface area contributed by atoms with Crippen LogP contribution in [0.3, 0.4) is 0 Å². The van der Waals surface area contributed by atoms with E-state index in [9.17, 15) is 8.78 Å². The Balaban J connectivity index is 1.92. The van der Waals surface area contributed by atoms with E-state index in [0.29, 0.717) is 18.8 Å². The second-order valence-corrected chi connectivity index (χ2v) is 6.26. The molecule has 1 aromatic heterocycles. The van der Waals surface area contributed by atoms with Gasteiger partial charge in [0.1, 0.15) is 5.75 Å². The highest BCUT2D eigenvalue weighted by atomic mass is 19.3. The van der Waals surface area contributed by atoms with Crippen molar-refractivity contribution in [2.75, 3.05) is 18.0 Å². The largest absolute Gasteiger partial charge is 0.707 e. The van der Waals surface area contributed by atoms with Crippen LogP contribution in [-0.4, -0.2) is 41.4 Å². The summed E-state index contributed by atoms with van der Waals surface area (Å²) in [6, 6.07) is 1.78. The lowest BCUT2D eigenvalue weighted by atomic mass is 9.96. The summed E-state index contributed by atoms with van der Waals surface area (Å²) in [7, 11) is -1.95. The lowest BCUT2D eigenvalue weighted by Gasteiger charge is -2.27. The van der Waals surface area contributed by atoms with Gasteiger partial charge in [0, 0.05) is 31.6 Å². The van der Waals surface area contributed by atoms with Gasteiger partial charge in [-0.3, -0.25) is 0 Å². The van der Waals surface area contributed by atoms with E-state index in [-0.39, 0.29) is 25.1 Å². The van der Waals surface area contributed by atoms with Gasteiger partial charge in [-0.25, -0.2) is 13.8 Å². The van der Waals surface area contributed by atoms with Gasteiger partial charge in [0.2, 0.25) is 5.92 Å². The maximum absolute atomic E-state index is 13.6. The summed E-state index contributed by atoms with van der Waals surface area (Å²) in [5, 5.41) is 18.3. The summed E-state index contributed by atoms with van der Waals surface area (Å²) in [6.45, 7) is 0.635. The monoisotopic (exact) mass is 326 g/mol. The van der Waals surface area contributed by atoms with Crippen LogP contribution in [0.1, 0.15) is 43.4 Å². The molecule has 1 aliphatic carbocycles. The predicted octanol–water partition coefficient (Wildman–Crippen LogP) is 1.93. The van der Waals surface area contributed by atoms with Crippen LogP contribution in [0.2, 0.25) is 0 Å². The molecule has 2 N–H and O–H groups in total. The molecule has 3 rings (SSSR count). The first kappa shape index (κ1) is 16.5. The fourth-order valence-electron chi connectivity index (χ4n) is 3.30. The van der Waals surface area contributed by atoms with Gasteiger partial charge in [-0.1, -0.05) is 0 Å². The number of aryl methyl sites for hydroxylation is 2. The zero-order valence-corrected chi connectivity index (χ0v) is 13.0. The molecule has 0 atom stereocenters. The first-order valence-electron chi connectivity index (χ1n) is 8.13. The lowest BCUT2D eigenvalue weighted by Crippen LogP contribution is -2.29. The van der Waals surface area contributed by atoms with E-state index in [1.165, 1.54) is 0 Å². The third-order valence-corrected chi connectivity index (χ3v) is 4.50. The zero-order valence-electron chi connectivity index (χ0n) is 13.0. The van der Waals surface area contributed by atoms with E-state index in [4.69, 9.17) is 14.7 Å². The smallest absolute Gasteiger partial charge is 0.509 e. The summed E-state index contributed by atoms with van der Waals surface area (Å²) < 4.78 is 32.2. The van der Waals surface area contributed by atoms with Crippen LogP contribution >= 0.6 is 0 Å². The Kier molecular flexibility index (Phi) is 4.73. The number of rotatable bonds is 3. The molecule has 2 aliphatic rings. The van der Waals surface area contributed by atoms with Gasteiger partial charge >= 0.3 is 7.32 Å². The SMILES string of the molecule is OB(O)Oc1cc2c(nc1N1CCCC(F)(F)CC1)CCCC2. The van der Waals surface area contributed by atoms with Crippen molar-refractivity contribution in [3.05, 3.63) is 17.3 Å². The molecular formula is C15H21BF2N2O3. The third kappa shape index (κ3) is 3.92. The van der Waals surface area contributed by atoms with Crippen molar-refractivity contribution < 1.29 is 23.5 Å². The Bertz CT molecular complexity index is 572. The summed E-state index contributed by atoms with van der Waals surface area (Å²) in [4.78, 5) is 6.38. The third-order valence-electron chi connectivity index (χ3n) is 4.50. The first-order chi connectivity index (χ1) is 10.9. The molecule has 1 saturated heterocycles. The van der Waals surface area contributed by atoms with Crippen LogP contribution < -0.4 is 9.55 Å². The van der Waals surface area contributed by atoms with Crippen molar-refractivity contribution in [3.8, 4) is 5.75 Å². The van der Waals surface area contributed by atoms with Crippen molar-refractivity contribution in [2.45, 2.75) is 50.9 Å². The van der Waals surface area contributed by atoms with Crippen molar-refractivity contribution >= 4 is 13.1 Å². The van der Waals surface area contributed by atoms with Crippen molar-refractivity contribution in [2.24, 2.45) is 0 Å². The van der Waals surface area contributed by atoms with Crippen LogP contribution in [-0.2, 0) is 12.8 Å². The fraction of sp³-hybridized carbons (Fsp3) is 0.667. The van der Waals surface area contributed by atoms with Crippen LogP contribution in [0, 0.1) is 0 Å². The van der Waals surface area contributed by atoms with Crippen molar-refractivity contribution in [1.82, 2.24) is 4.98 Å². The zero-order chi connectivity index (χ0) is 16.4. The van der Waals surface area contributed by atoms with Crippen LogP contribution in [0.4, 0.5) is 14.6 Å². The van der Waals surface area contributed by atoms with E-state index in [1.54, 1.807) is 11.0 Å². The Hall–Kier alpha value is -1.41. The molecule has 0 spiro atoms. The molecule has 126 valence electrons. The summed E-state index contributed by atoms with van der Waals surface area (Å²) >= 11 is 0. The maximum Gasteiger partial charge on any atom is 0.707 e. The minimum absolute atomic E-state index is 0.132. The van der Waals surface area contributed by atoms with E-state index in [0.717, 1.165) is 36.9 Å². The number of aromatic nitrogens is 1.